The number of hydrogen-bond acceptors (Lipinski definition) is 4. The van der Waals surface area contributed by atoms with Crippen LogP contribution in [0, 0.1) is 0 Å². The van der Waals surface area contributed by atoms with Gasteiger partial charge in [-0.3, -0.25) is 10.00 Å². The molecule has 2 aliphatic rings. The molecule has 15 heavy (non-hydrogen) atoms. The maximum absolute atomic E-state index is 5.76. The standard InChI is InChI=1S/C9H13ClN4O/c10-9-11-8(12-13-9)7-4-14-3-1-2-6(14)5-15-7/h6-7H,1-5H2,(H,11,12,13). The van der Waals surface area contributed by atoms with Crippen LogP contribution in [0.5, 0.6) is 0 Å². The molecule has 2 aliphatic heterocycles. The van der Waals surface area contributed by atoms with E-state index in [1.54, 1.807) is 0 Å². The van der Waals surface area contributed by atoms with Crippen molar-refractivity contribution < 1.29 is 4.74 Å². The zero-order valence-electron chi connectivity index (χ0n) is 8.32. The van der Waals surface area contributed by atoms with E-state index in [0.29, 0.717) is 6.04 Å². The zero-order valence-corrected chi connectivity index (χ0v) is 9.07. The zero-order chi connectivity index (χ0) is 10.3. The number of rotatable bonds is 1. The van der Waals surface area contributed by atoms with Crippen LogP contribution in [0.25, 0.3) is 0 Å². The second kappa shape index (κ2) is 3.73. The number of aromatic amines is 1. The van der Waals surface area contributed by atoms with E-state index in [-0.39, 0.29) is 11.4 Å². The quantitative estimate of drug-likeness (QED) is 0.779. The SMILES string of the molecule is Clc1n[nH]c(C2CN3CCCC3CO2)n1. The first-order valence-electron chi connectivity index (χ1n) is 5.26. The van der Waals surface area contributed by atoms with Crippen molar-refractivity contribution in [3.05, 3.63) is 11.1 Å². The highest BCUT2D eigenvalue weighted by Crippen LogP contribution is 2.28. The van der Waals surface area contributed by atoms with E-state index in [0.717, 1.165) is 19.0 Å². The van der Waals surface area contributed by atoms with E-state index in [2.05, 4.69) is 20.1 Å². The van der Waals surface area contributed by atoms with Crippen molar-refractivity contribution in [3.8, 4) is 0 Å². The van der Waals surface area contributed by atoms with Crippen molar-refractivity contribution in [1.29, 1.82) is 0 Å². The summed E-state index contributed by atoms with van der Waals surface area (Å²) in [7, 11) is 0. The third-order valence-corrected chi connectivity index (χ3v) is 3.34. The van der Waals surface area contributed by atoms with Gasteiger partial charge in [-0.25, -0.2) is 0 Å². The topological polar surface area (TPSA) is 54.0 Å². The average Bonchev–Trinajstić information content (AvgIpc) is 2.84. The highest BCUT2D eigenvalue weighted by atomic mass is 35.5. The summed E-state index contributed by atoms with van der Waals surface area (Å²) in [6.07, 6.45) is 2.53. The van der Waals surface area contributed by atoms with Crippen LogP contribution in [0.2, 0.25) is 5.28 Å². The molecule has 0 bridgehead atoms. The van der Waals surface area contributed by atoms with Gasteiger partial charge in [-0.2, -0.15) is 4.98 Å². The number of hydrogen-bond donors (Lipinski definition) is 1. The van der Waals surface area contributed by atoms with Gasteiger partial charge in [0.2, 0.25) is 5.28 Å². The van der Waals surface area contributed by atoms with Gasteiger partial charge in [-0.15, -0.1) is 5.10 Å². The molecule has 2 atom stereocenters. The van der Waals surface area contributed by atoms with Gasteiger partial charge in [0.15, 0.2) is 5.82 Å². The van der Waals surface area contributed by atoms with Gasteiger partial charge < -0.3 is 4.74 Å². The Labute approximate surface area is 92.8 Å². The molecule has 2 saturated heterocycles. The molecule has 3 heterocycles. The first-order valence-corrected chi connectivity index (χ1v) is 5.64. The molecule has 2 fully saturated rings. The molecule has 1 N–H and O–H groups in total. The largest absolute Gasteiger partial charge is 0.367 e. The minimum Gasteiger partial charge on any atom is -0.367 e. The van der Waals surface area contributed by atoms with Gasteiger partial charge in [-0.1, -0.05) is 0 Å². The van der Waals surface area contributed by atoms with E-state index in [1.807, 2.05) is 0 Å². The highest BCUT2D eigenvalue weighted by Gasteiger charge is 2.34. The number of H-pyrrole nitrogens is 1. The molecule has 0 amide bonds. The Hall–Kier alpha value is -0.650. The second-order valence-corrected chi connectivity index (χ2v) is 4.44. The van der Waals surface area contributed by atoms with Crippen LogP contribution in [-0.4, -0.2) is 45.8 Å². The summed E-state index contributed by atoms with van der Waals surface area (Å²) in [5.74, 6) is 0.741. The van der Waals surface area contributed by atoms with Crippen LogP contribution in [0.3, 0.4) is 0 Å². The lowest BCUT2D eigenvalue weighted by Gasteiger charge is -2.33. The first kappa shape index (κ1) is 9.57. The van der Waals surface area contributed by atoms with Gasteiger partial charge in [0, 0.05) is 12.6 Å². The summed E-state index contributed by atoms with van der Waals surface area (Å²) in [5, 5.41) is 6.88. The van der Waals surface area contributed by atoms with Crippen LogP contribution in [0.4, 0.5) is 0 Å². The Morgan fingerprint density at radius 3 is 3.27 bits per heavy atom. The van der Waals surface area contributed by atoms with Crippen LogP contribution < -0.4 is 0 Å². The van der Waals surface area contributed by atoms with Gasteiger partial charge in [0.05, 0.1) is 6.61 Å². The molecular weight excluding hydrogens is 216 g/mol. The molecule has 5 nitrogen and oxygen atoms in total. The Bertz CT molecular complexity index is 356. The third kappa shape index (κ3) is 1.75. The lowest BCUT2D eigenvalue weighted by Crippen LogP contribution is -2.42. The fourth-order valence-corrected chi connectivity index (χ4v) is 2.51. The maximum atomic E-state index is 5.76. The molecule has 1 aromatic rings. The molecule has 1 aromatic heterocycles. The van der Waals surface area contributed by atoms with E-state index in [9.17, 15) is 0 Å². The van der Waals surface area contributed by atoms with Crippen LogP contribution >= 0.6 is 11.6 Å². The van der Waals surface area contributed by atoms with Gasteiger partial charge in [0.1, 0.15) is 6.10 Å². The maximum Gasteiger partial charge on any atom is 0.242 e. The molecule has 0 aliphatic carbocycles. The number of nitrogens with one attached hydrogen (secondary N) is 1. The molecule has 0 radical (unpaired) electrons. The normalized spacial score (nSPS) is 31.8. The number of aromatic nitrogens is 3. The number of halogens is 1. The number of morpholine rings is 1. The molecule has 0 spiro atoms. The summed E-state index contributed by atoms with van der Waals surface area (Å²) in [6.45, 7) is 2.87. The highest BCUT2D eigenvalue weighted by molar-refractivity contribution is 6.28. The molecule has 6 heteroatoms. The molecule has 82 valence electrons. The van der Waals surface area contributed by atoms with E-state index in [1.165, 1.54) is 19.4 Å². The van der Waals surface area contributed by atoms with E-state index >= 15 is 0 Å². The third-order valence-electron chi connectivity index (χ3n) is 3.17. The Morgan fingerprint density at radius 2 is 2.47 bits per heavy atom. The smallest absolute Gasteiger partial charge is 0.242 e. The van der Waals surface area contributed by atoms with E-state index < -0.39 is 0 Å². The average molecular weight is 229 g/mol. The Balaban J connectivity index is 1.73. The number of ether oxygens (including phenoxy) is 1. The predicted molar refractivity (Wildman–Crippen MR) is 54.7 cm³/mol. The molecular formula is C9H13ClN4O. The first-order chi connectivity index (χ1) is 7.33. The minimum absolute atomic E-state index is 0.000602. The summed E-state index contributed by atoms with van der Waals surface area (Å²) in [6, 6.07) is 0.611. The summed E-state index contributed by atoms with van der Waals surface area (Å²) in [5.41, 5.74) is 0. The van der Waals surface area contributed by atoms with Crippen LogP contribution in [-0.2, 0) is 4.74 Å². The van der Waals surface area contributed by atoms with Crippen molar-refractivity contribution in [2.45, 2.75) is 25.0 Å². The van der Waals surface area contributed by atoms with Crippen LogP contribution in [0.1, 0.15) is 24.8 Å². The molecule has 3 rings (SSSR count). The minimum atomic E-state index is -0.000602. The van der Waals surface area contributed by atoms with Crippen molar-refractivity contribution in [2.75, 3.05) is 19.7 Å². The Morgan fingerprint density at radius 1 is 1.53 bits per heavy atom. The predicted octanol–water partition coefficient (Wildman–Crippen LogP) is 0.994. The van der Waals surface area contributed by atoms with Gasteiger partial charge >= 0.3 is 0 Å². The van der Waals surface area contributed by atoms with Crippen molar-refractivity contribution in [1.82, 2.24) is 20.1 Å². The molecule has 2 unspecified atom stereocenters. The second-order valence-electron chi connectivity index (χ2n) is 4.10. The molecule has 0 aromatic carbocycles. The summed E-state index contributed by atoms with van der Waals surface area (Å²) >= 11 is 5.67. The fraction of sp³-hybridized carbons (Fsp3) is 0.778. The van der Waals surface area contributed by atoms with Crippen LogP contribution in [0.15, 0.2) is 0 Å². The Kier molecular flexibility index (Phi) is 2.38. The monoisotopic (exact) mass is 228 g/mol. The van der Waals surface area contributed by atoms with Gasteiger partial charge in [0.25, 0.3) is 0 Å². The summed E-state index contributed by atoms with van der Waals surface area (Å²) in [4.78, 5) is 6.56. The van der Waals surface area contributed by atoms with Crippen molar-refractivity contribution in [2.24, 2.45) is 0 Å². The van der Waals surface area contributed by atoms with Crippen molar-refractivity contribution >= 4 is 11.6 Å². The number of nitrogens with zero attached hydrogens (tertiary/aromatic N) is 3. The van der Waals surface area contributed by atoms with Crippen molar-refractivity contribution in [3.63, 3.8) is 0 Å². The lowest BCUT2D eigenvalue weighted by atomic mass is 10.2. The van der Waals surface area contributed by atoms with E-state index in [4.69, 9.17) is 16.3 Å². The fourth-order valence-electron chi connectivity index (χ4n) is 2.38. The number of fused-ring (bicyclic) bond motifs is 1. The molecule has 0 saturated carbocycles. The lowest BCUT2D eigenvalue weighted by molar-refractivity contribution is -0.0539. The van der Waals surface area contributed by atoms with Gasteiger partial charge in [-0.05, 0) is 31.0 Å². The summed E-state index contributed by atoms with van der Waals surface area (Å²) < 4.78 is 5.76.